The standard InChI is InChI=1S/C18H29ClN4O.HI/c1-4-23-10-9-15(13-23)12-22-18(20-3)21-11-14(2)24-17-7-5-16(19)6-8-17;/h5-8,14-15H,4,9-13H2,1-3H3,(H2,20,21,22);1H. The summed E-state index contributed by atoms with van der Waals surface area (Å²) in [6.07, 6.45) is 1.29. The molecule has 0 radical (unpaired) electrons. The van der Waals surface area contributed by atoms with Gasteiger partial charge in [0.15, 0.2) is 5.96 Å². The third kappa shape index (κ3) is 8.00. The number of ether oxygens (including phenoxy) is 1. The molecule has 2 unspecified atom stereocenters. The second-order valence-electron chi connectivity index (χ2n) is 6.26. The minimum Gasteiger partial charge on any atom is -0.489 e. The maximum atomic E-state index is 5.88. The molecule has 1 aromatic carbocycles. The van der Waals surface area contributed by atoms with Crippen LogP contribution in [0.5, 0.6) is 5.75 Å². The lowest BCUT2D eigenvalue weighted by molar-refractivity contribution is 0.224. The van der Waals surface area contributed by atoms with Crippen molar-refractivity contribution in [2.24, 2.45) is 10.9 Å². The number of likely N-dealkylation sites (tertiary alicyclic amines) is 1. The number of benzene rings is 1. The molecular weight excluding hydrogens is 451 g/mol. The van der Waals surface area contributed by atoms with Gasteiger partial charge >= 0.3 is 0 Å². The fourth-order valence-electron chi connectivity index (χ4n) is 2.86. The van der Waals surface area contributed by atoms with E-state index >= 15 is 0 Å². The van der Waals surface area contributed by atoms with Gasteiger partial charge in [0.1, 0.15) is 11.9 Å². The molecule has 5 nitrogen and oxygen atoms in total. The van der Waals surface area contributed by atoms with Crippen LogP contribution in [0, 0.1) is 5.92 Å². The minimum absolute atomic E-state index is 0. The molecule has 1 heterocycles. The first-order chi connectivity index (χ1) is 11.6. The second kappa shape index (κ2) is 11.8. The Morgan fingerprint density at radius 1 is 1.36 bits per heavy atom. The fourth-order valence-corrected chi connectivity index (χ4v) is 2.98. The summed E-state index contributed by atoms with van der Waals surface area (Å²) in [7, 11) is 1.80. The number of aliphatic imine (C=N–C) groups is 1. The highest BCUT2D eigenvalue weighted by atomic mass is 127. The zero-order chi connectivity index (χ0) is 17.4. The molecule has 1 fully saturated rings. The van der Waals surface area contributed by atoms with Gasteiger partial charge in [-0.1, -0.05) is 18.5 Å². The van der Waals surface area contributed by atoms with E-state index in [2.05, 4.69) is 27.4 Å². The van der Waals surface area contributed by atoms with Gasteiger partial charge in [-0.25, -0.2) is 0 Å². The van der Waals surface area contributed by atoms with Crippen LogP contribution in [-0.4, -0.2) is 56.7 Å². The van der Waals surface area contributed by atoms with Gasteiger partial charge in [0.2, 0.25) is 0 Å². The number of guanidine groups is 1. The highest BCUT2D eigenvalue weighted by Gasteiger charge is 2.21. The molecule has 0 saturated carbocycles. The van der Waals surface area contributed by atoms with E-state index in [1.165, 1.54) is 19.5 Å². The van der Waals surface area contributed by atoms with Crippen molar-refractivity contribution >= 4 is 41.5 Å². The molecule has 0 aromatic heterocycles. The normalized spacial score (nSPS) is 19.2. The monoisotopic (exact) mass is 480 g/mol. The molecule has 7 heteroatoms. The predicted octanol–water partition coefficient (Wildman–Crippen LogP) is 3.23. The van der Waals surface area contributed by atoms with Gasteiger partial charge in [0, 0.05) is 25.2 Å². The average molecular weight is 481 g/mol. The van der Waals surface area contributed by atoms with Crippen LogP contribution >= 0.6 is 35.6 Å². The second-order valence-corrected chi connectivity index (χ2v) is 6.70. The highest BCUT2D eigenvalue weighted by Crippen LogP contribution is 2.16. The van der Waals surface area contributed by atoms with Gasteiger partial charge in [0.25, 0.3) is 0 Å². The zero-order valence-corrected chi connectivity index (χ0v) is 18.4. The molecule has 142 valence electrons. The Morgan fingerprint density at radius 2 is 2.08 bits per heavy atom. The van der Waals surface area contributed by atoms with Crippen LogP contribution in [0.25, 0.3) is 0 Å². The SMILES string of the molecule is CCN1CCC(CNC(=NC)NCC(C)Oc2ccc(Cl)cc2)C1.I. The molecule has 1 aliphatic rings. The van der Waals surface area contributed by atoms with Gasteiger partial charge in [0.05, 0.1) is 6.54 Å². The zero-order valence-electron chi connectivity index (χ0n) is 15.3. The lowest BCUT2D eigenvalue weighted by Crippen LogP contribution is -2.43. The Bertz CT molecular complexity index is 526. The molecule has 1 aromatic rings. The molecule has 1 saturated heterocycles. The molecule has 2 atom stereocenters. The molecular formula is C18H30ClIN4O. The number of nitrogens with one attached hydrogen (secondary N) is 2. The van der Waals surface area contributed by atoms with Gasteiger partial charge in [-0.2, -0.15) is 0 Å². The van der Waals surface area contributed by atoms with E-state index in [1.807, 2.05) is 31.2 Å². The first kappa shape index (κ1) is 22.3. The van der Waals surface area contributed by atoms with Crippen molar-refractivity contribution in [3.8, 4) is 5.75 Å². The van der Waals surface area contributed by atoms with Gasteiger partial charge in [-0.05, 0) is 56.6 Å². The van der Waals surface area contributed by atoms with Crippen LogP contribution in [0.1, 0.15) is 20.3 Å². The Hall–Kier alpha value is -0.730. The third-order valence-corrected chi connectivity index (χ3v) is 4.56. The third-order valence-electron chi connectivity index (χ3n) is 4.31. The summed E-state index contributed by atoms with van der Waals surface area (Å²) in [6.45, 7) is 9.43. The molecule has 25 heavy (non-hydrogen) atoms. The molecule has 2 N–H and O–H groups in total. The van der Waals surface area contributed by atoms with Crippen LogP contribution in [-0.2, 0) is 0 Å². The molecule has 2 rings (SSSR count). The fraction of sp³-hybridized carbons (Fsp3) is 0.611. The summed E-state index contributed by atoms with van der Waals surface area (Å²) in [5.41, 5.74) is 0. The first-order valence-electron chi connectivity index (χ1n) is 8.69. The minimum atomic E-state index is 0. The van der Waals surface area contributed by atoms with E-state index in [9.17, 15) is 0 Å². The number of halogens is 2. The lowest BCUT2D eigenvalue weighted by Gasteiger charge is -2.19. The van der Waals surface area contributed by atoms with Gasteiger partial charge in [-0.15, -0.1) is 24.0 Å². The summed E-state index contributed by atoms with van der Waals surface area (Å²) >= 11 is 5.88. The number of rotatable bonds is 7. The van der Waals surface area contributed by atoms with Crippen molar-refractivity contribution in [1.29, 1.82) is 0 Å². The van der Waals surface area contributed by atoms with Crippen molar-refractivity contribution in [2.45, 2.75) is 26.4 Å². The van der Waals surface area contributed by atoms with Gasteiger partial charge < -0.3 is 20.3 Å². The molecule has 0 bridgehead atoms. The van der Waals surface area contributed by atoms with Crippen LogP contribution in [0.3, 0.4) is 0 Å². The molecule has 1 aliphatic heterocycles. The van der Waals surface area contributed by atoms with Crippen LogP contribution in [0.2, 0.25) is 5.02 Å². The highest BCUT2D eigenvalue weighted by molar-refractivity contribution is 14.0. The van der Waals surface area contributed by atoms with E-state index < -0.39 is 0 Å². The number of nitrogens with zero attached hydrogens (tertiary/aromatic N) is 2. The Morgan fingerprint density at radius 3 is 2.68 bits per heavy atom. The summed E-state index contributed by atoms with van der Waals surface area (Å²) in [6, 6.07) is 7.42. The predicted molar refractivity (Wildman–Crippen MR) is 117 cm³/mol. The van der Waals surface area contributed by atoms with Crippen LogP contribution < -0.4 is 15.4 Å². The maximum absolute atomic E-state index is 5.88. The summed E-state index contributed by atoms with van der Waals surface area (Å²) < 4.78 is 5.86. The summed E-state index contributed by atoms with van der Waals surface area (Å²) in [5.74, 6) is 2.35. The van der Waals surface area contributed by atoms with Crippen LogP contribution in [0.15, 0.2) is 29.3 Å². The topological polar surface area (TPSA) is 48.9 Å². The van der Waals surface area contributed by atoms with E-state index in [4.69, 9.17) is 16.3 Å². The first-order valence-corrected chi connectivity index (χ1v) is 9.07. The Balaban J connectivity index is 0.00000312. The Labute approximate surface area is 173 Å². The smallest absolute Gasteiger partial charge is 0.191 e. The van der Waals surface area contributed by atoms with E-state index in [-0.39, 0.29) is 30.1 Å². The van der Waals surface area contributed by atoms with E-state index in [1.54, 1.807) is 7.05 Å². The van der Waals surface area contributed by atoms with Crippen LogP contribution in [0.4, 0.5) is 0 Å². The summed E-state index contributed by atoms with van der Waals surface area (Å²) in [5, 5.41) is 7.46. The van der Waals surface area contributed by atoms with E-state index in [0.29, 0.717) is 17.5 Å². The van der Waals surface area contributed by atoms with Crippen molar-refractivity contribution < 1.29 is 4.74 Å². The lowest BCUT2D eigenvalue weighted by atomic mass is 10.1. The number of hydrogen-bond donors (Lipinski definition) is 2. The van der Waals surface area contributed by atoms with Crippen molar-refractivity contribution in [1.82, 2.24) is 15.5 Å². The average Bonchev–Trinajstić information content (AvgIpc) is 3.05. The summed E-state index contributed by atoms with van der Waals surface area (Å²) in [4.78, 5) is 6.78. The van der Waals surface area contributed by atoms with Crippen molar-refractivity contribution in [3.63, 3.8) is 0 Å². The van der Waals surface area contributed by atoms with E-state index in [0.717, 1.165) is 24.8 Å². The largest absolute Gasteiger partial charge is 0.489 e. The molecule has 0 aliphatic carbocycles. The molecule has 0 amide bonds. The molecule has 0 spiro atoms. The quantitative estimate of drug-likeness (QED) is 0.357. The maximum Gasteiger partial charge on any atom is 0.191 e. The van der Waals surface area contributed by atoms with Crippen molar-refractivity contribution in [2.75, 3.05) is 39.8 Å². The Kier molecular flexibility index (Phi) is 10.5. The number of hydrogen-bond acceptors (Lipinski definition) is 3. The van der Waals surface area contributed by atoms with Gasteiger partial charge in [-0.3, -0.25) is 4.99 Å². The van der Waals surface area contributed by atoms with Crippen molar-refractivity contribution in [3.05, 3.63) is 29.3 Å².